The summed E-state index contributed by atoms with van der Waals surface area (Å²) >= 11 is 12.9. The van der Waals surface area contributed by atoms with Crippen molar-refractivity contribution in [2.45, 2.75) is 32.0 Å². The van der Waals surface area contributed by atoms with Crippen LogP contribution in [-0.2, 0) is 13.2 Å². The predicted octanol–water partition coefficient (Wildman–Crippen LogP) is 4.76. The van der Waals surface area contributed by atoms with Crippen LogP contribution in [0.25, 0.3) is 0 Å². The highest BCUT2D eigenvalue weighted by Gasteiger charge is 2.33. The van der Waals surface area contributed by atoms with Gasteiger partial charge in [-0.3, -0.25) is 0 Å². The summed E-state index contributed by atoms with van der Waals surface area (Å²) in [5.41, 5.74) is 2.19. The molecule has 0 spiro atoms. The van der Waals surface area contributed by atoms with E-state index in [4.69, 9.17) is 27.9 Å². The van der Waals surface area contributed by atoms with Crippen molar-refractivity contribution in [2.75, 3.05) is 19.6 Å². The van der Waals surface area contributed by atoms with Crippen molar-refractivity contribution in [1.82, 2.24) is 10.2 Å². The number of nitrogens with zero attached hydrogens (tertiary/aromatic N) is 1. The van der Waals surface area contributed by atoms with Gasteiger partial charge in [-0.05, 0) is 55.1 Å². The third kappa shape index (κ3) is 4.17. The highest BCUT2D eigenvalue weighted by Crippen LogP contribution is 2.35. The highest BCUT2D eigenvalue weighted by atomic mass is 35.5. The summed E-state index contributed by atoms with van der Waals surface area (Å²) in [6.07, 6.45) is 2.62. The molecular formula is C21H24Cl2N2O. The lowest BCUT2D eigenvalue weighted by Gasteiger charge is -2.45. The number of halogens is 2. The number of fused-ring (bicyclic) bond motifs is 3. The van der Waals surface area contributed by atoms with Gasteiger partial charge in [0.2, 0.25) is 0 Å². The molecule has 3 fully saturated rings. The highest BCUT2D eigenvalue weighted by molar-refractivity contribution is 6.37. The van der Waals surface area contributed by atoms with Crippen molar-refractivity contribution >= 4 is 23.2 Å². The first kappa shape index (κ1) is 18.1. The average molecular weight is 391 g/mol. The fourth-order valence-corrected chi connectivity index (χ4v) is 4.67. The van der Waals surface area contributed by atoms with E-state index < -0.39 is 0 Å². The van der Waals surface area contributed by atoms with E-state index in [1.165, 1.54) is 25.9 Å². The number of rotatable bonds is 6. The second-order valence-corrected chi connectivity index (χ2v) is 8.10. The minimum absolute atomic E-state index is 0.456. The van der Waals surface area contributed by atoms with Crippen LogP contribution in [0.15, 0.2) is 42.5 Å². The molecule has 3 heterocycles. The third-order valence-corrected chi connectivity index (χ3v) is 6.07. The van der Waals surface area contributed by atoms with Crippen LogP contribution >= 0.6 is 23.2 Å². The molecule has 3 aliphatic rings. The number of benzene rings is 2. The van der Waals surface area contributed by atoms with Crippen LogP contribution in [0.3, 0.4) is 0 Å². The van der Waals surface area contributed by atoms with Gasteiger partial charge in [0.25, 0.3) is 0 Å². The minimum Gasteiger partial charge on any atom is -0.486 e. The van der Waals surface area contributed by atoms with Gasteiger partial charge in [-0.25, -0.2) is 0 Å². The molecule has 2 aromatic carbocycles. The van der Waals surface area contributed by atoms with E-state index in [-0.39, 0.29) is 0 Å². The van der Waals surface area contributed by atoms with Crippen molar-refractivity contribution < 1.29 is 4.74 Å². The second-order valence-electron chi connectivity index (χ2n) is 7.29. The lowest BCUT2D eigenvalue weighted by atomic mass is 9.84. The van der Waals surface area contributed by atoms with Gasteiger partial charge in [-0.15, -0.1) is 0 Å². The minimum atomic E-state index is 0.456. The Morgan fingerprint density at radius 1 is 1.00 bits per heavy atom. The molecule has 0 radical (unpaired) electrons. The number of nitrogens with one attached hydrogen (secondary N) is 1. The second kappa shape index (κ2) is 8.18. The van der Waals surface area contributed by atoms with Crippen LogP contribution in [0.1, 0.15) is 24.0 Å². The maximum atomic E-state index is 6.44. The third-order valence-electron chi connectivity index (χ3n) is 5.51. The van der Waals surface area contributed by atoms with Crippen molar-refractivity contribution in [3.05, 3.63) is 63.6 Å². The van der Waals surface area contributed by atoms with Gasteiger partial charge in [0.15, 0.2) is 5.75 Å². The predicted molar refractivity (Wildman–Crippen MR) is 107 cm³/mol. The number of piperidine rings is 3. The van der Waals surface area contributed by atoms with Gasteiger partial charge in [0.05, 0.1) is 10.0 Å². The summed E-state index contributed by atoms with van der Waals surface area (Å²) in [7, 11) is 0. The molecule has 26 heavy (non-hydrogen) atoms. The molecule has 3 saturated heterocycles. The summed E-state index contributed by atoms with van der Waals surface area (Å²) in [5, 5.41) is 4.84. The van der Waals surface area contributed by atoms with E-state index in [9.17, 15) is 0 Å². The van der Waals surface area contributed by atoms with Crippen LogP contribution in [0.4, 0.5) is 0 Å². The first-order valence-corrected chi connectivity index (χ1v) is 10.0. The number of ether oxygens (including phenoxy) is 1. The van der Waals surface area contributed by atoms with Crippen molar-refractivity contribution in [1.29, 1.82) is 0 Å². The Hall–Kier alpha value is -1.26. The molecule has 138 valence electrons. The molecule has 2 aromatic rings. The standard InChI is InChI=1S/C21H24Cl2N2O/c22-18-10-16(12-24-20-13-25-8-6-17(20)7-9-25)11-19(23)21(18)26-14-15-4-2-1-3-5-15/h1-5,10-11,17,20,24H,6-9,12-14H2/t20-/m1/s1. The van der Waals surface area contributed by atoms with Gasteiger partial charge < -0.3 is 15.0 Å². The van der Waals surface area contributed by atoms with E-state index in [1.807, 2.05) is 42.5 Å². The summed E-state index contributed by atoms with van der Waals surface area (Å²) in [5.74, 6) is 1.36. The summed E-state index contributed by atoms with van der Waals surface area (Å²) in [6, 6.07) is 14.5. The molecule has 5 rings (SSSR count). The number of hydrogen-bond donors (Lipinski definition) is 1. The Labute approximate surface area is 165 Å². The Kier molecular flexibility index (Phi) is 5.70. The monoisotopic (exact) mass is 390 g/mol. The van der Waals surface area contributed by atoms with Gasteiger partial charge in [0.1, 0.15) is 6.61 Å². The smallest absolute Gasteiger partial charge is 0.156 e. The zero-order valence-electron chi connectivity index (χ0n) is 14.8. The molecule has 3 aliphatic heterocycles. The Bertz CT molecular complexity index is 722. The number of hydrogen-bond acceptors (Lipinski definition) is 3. The van der Waals surface area contributed by atoms with Gasteiger partial charge >= 0.3 is 0 Å². The van der Waals surface area contributed by atoms with E-state index in [0.29, 0.717) is 28.4 Å². The van der Waals surface area contributed by atoms with E-state index in [1.54, 1.807) is 0 Å². The van der Waals surface area contributed by atoms with Gasteiger partial charge in [0, 0.05) is 19.1 Å². The topological polar surface area (TPSA) is 24.5 Å². The molecule has 0 aliphatic carbocycles. The molecule has 0 saturated carbocycles. The lowest BCUT2D eigenvalue weighted by Crippen LogP contribution is -2.55. The molecule has 1 N–H and O–H groups in total. The summed E-state index contributed by atoms with van der Waals surface area (Å²) in [4.78, 5) is 2.55. The first-order chi connectivity index (χ1) is 12.7. The van der Waals surface area contributed by atoms with E-state index >= 15 is 0 Å². The molecule has 0 unspecified atom stereocenters. The molecule has 2 bridgehead atoms. The fourth-order valence-electron chi connectivity index (χ4n) is 4.03. The maximum absolute atomic E-state index is 6.44. The zero-order valence-corrected chi connectivity index (χ0v) is 16.3. The zero-order chi connectivity index (χ0) is 17.9. The lowest BCUT2D eigenvalue weighted by molar-refractivity contribution is 0.0720. The molecular weight excluding hydrogens is 367 g/mol. The van der Waals surface area contributed by atoms with Crippen LogP contribution in [0.2, 0.25) is 10.0 Å². The fraction of sp³-hybridized carbons (Fsp3) is 0.429. The molecule has 5 heteroatoms. The summed E-state index contributed by atoms with van der Waals surface area (Å²) < 4.78 is 5.85. The molecule has 0 amide bonds. The Morgan fingerprint density at radius 2 is 1.69 bits per heavy atom. The molecule has 1 atom stereocenters. The quantitative estimate of drug-likeness (QED) is 0.769. The van der Waals surface area contributed by atoms with Crippen LogP contribution in [0.5, 0.6) is 5.75 Å². The molecule has 0 aromatic heterocycles. The van der Waals surface area contributed by atoms with Crippen LogP contribution < -0.4 is 10.1 Å². The van der Waals surface area contributed by atoms with Crippen LogP contribution in [0, 0.1) is 5.92 Å². The SMILES string of the molecule is Clc1cc(CN[C@@H]2CN3CCC2CC3)cc(Cl)c1OCc1ccccc1. The van der Waals surface area contributed by atoms with Crippen molar-refractivity contribution in [3.63, 3.8) is 0 Å². The normalized spacial score (nSPS) is 24.6. The maximum Gasteiger partial charge on any atom is 0.156 e. The van der Waals surface area contributed by atoms with Gasteiger partial charge in [-0.2, -0.15) is 0 Å². The average Bonchev–Trinajstić information content (AvgIpc) is 2.67. The van der Waals surface area contributed by atoms with Gasteiger partial charge in [-0.1, -0.05) is 53.5 Å². The largest absolute Gasteiger partial charge is 0.486 e. The van der Waals surface area contributed by atoms with Crippen molar-refractivity contribution in [2.24, 2.45) is 5.92 Å². The van der Waals surface area contributed by atoms with E-state index in [0.717, 1.165) is 30.1 Å². The molecule has 3 nitrogen and oxygen atoms in total. The Morgan fingerprint density at radius 3 is 2.31 bits per heavy atom. The first-order valence-electron chi connectivity index (χ1n) is 9.29. The van der Waals surface area contributed by atoms with Crippen molar-refractivity contribution in [3.8, 4) is 5.75 Å². The van der Waals surface area contributed by atoms with E-state index in [2.05, 4.69) is 10.2 Å². The summed E-state index contributed by atoms with van der Waals surface area (Å²) in [6.45, 7) is 4.91. The van der Waals surface area contributed by atoms with Crippen LogP contribution in [-0.4, -0.2) is 30.6 Å². The Balaban J connectivity index is 1.37.